The van der Waals surface area contributed by atoms with Crippen molar-refractivity contribution < 1.29 is 4.79 Å². The third-order valence-corrected chi connectivity index (χ3v) is 5.00. The van der Waals surface area contributed by atoms with Gasteiger partial charge in [-0.1, -0.05) is 54.1 Å². The molecule has 134 valence electrons. The van der Waals surface area contributed by atoms with Gasteiger partial charge in [-0.25, -0.2) is 0 Å². The molecule has 4 rings (SSSR count). The van der Waals surface area contributed by atoms with Crippen molar-refractivity contribution in [3.05, 3.63) is 88.8 Å². The summed E-state index contributed by atoms with van der Waals surface area (Å²) in [6.45, 7) is 2.55. The number of thiophene rings is 1. The third kappa shape index (κ3) is 3.80. The highest BCUT2D eigenvalue weighted by Gasteiger charge is 2.19. The molecule has 4 aromatic rings. The van der Waals surface area contributed by atoms with Gasteiger partial charge in [0.2, 0.25) is 5.95 Å². The van der Waals surface area contributed by atoms with Crippen LogP contribution in [0.2, 0.25) is 0 Å². The number of hydrogen-bond donors (Lipinski definition) is 1. The highest BCUT2D eigenvalue weighted by Crippen LogP contribution is 2.23. The Labute approximate surface area is 161 Å². The average molecular weight is 374 g/mol. The number of aryl methyl sites for hydroxylation is 1. The van der Waals surface area contributed by atoms with Gasteiger partial charge in [0.05, 0.1) is 4.88 Å². The van der Waals surface area contributed by atoms with Crippen LogP contribution in [-0.2, 0) is 6.54 Å². The highest BCUT2D eigenvalue weighted by molar-refractivity contribution is 7.13. The van der Waals surface area contributed by atoms with Crippen LogP contribution in [0.15, 0.2) is 72.1 Å². The topological polar surface area (TPSA) is 59.8 Å². The zero-order valence-electron chi connectivity index (χ0n) is 14.8. The maximum absolute atomic E-state index is 13.0. The molecule has 0 bridgehead atoms. The Kier molecular flexibility index (Phi) is 4.80. The van der Waals surface area contributed by atoms with Crippen LogP contribution in [0.25, 0.3) is 10.7 Å². The van der Waals surface area contributed by atoms with Crippen LogP contribution in [0.1, 0.15) is 21.5 Å². The molecular formula is C21H18N4OS. The van der Waals surface area contributed by atoms with Crippen LogP contribution < -0.4 is 5.32 Å². The second-order valence-electron chi connectivity index (χ2n) is 6.16. The minimum absolute atomic E-state index is 0.208. The normalized spacial score (nSPS) is 10.7. The van der Waals surface area contributed by atoms with Gasteiger partial charge >= 0.3 is 0 Å². The van der Waals surface area contributed by atoms with Gasteiger partial charge in [0.15, 0.2) is 5.82 Å². The third-order valence-electron chi connectivity index (χ3n) is 4.13. The molecule has 5 nitrogen and oxygen atoms in total. The van der Waals surface area contributed by atoms with E-state index in [0.29, 0.717) is 23.9 Å². The van der Waals surface area contributed by atoms with Crippen molar-refractivity contribution in [2.24, 2.45) is 0 Å². The molecule has 0 aliphatic rings. The van der Waals surface area contributed by atoms with Crippen molar-refractivity contribution >= 4 is 23.2 Å². The monoisotopic (exact) mass is 374 g/mol. The minimum atomic E-state index is -0.208. The molecule has 0 aliphatic carbocycles. The van der Waals surface area contributed by atoms with Crippen LogP contribution in [0.5, 0.6) is 0 Å². The average Bonchev–Trinajstić information content (AvgIpc) is 3.37. The Morgan fingerprint density at radius 1 is 1.04 bits per heavy atom. The molecule has 0 amide bonds. The highest BCUT2D eigenvalue weighted by atomic mass is 32.1. The summed E-state index contributed by atoms with van der Waals surface area (Å²) in [5.74, 6) is 0.773. The first-order chi connectivity index (χ1) is 13.2. The fourth-order valence-electron chi connectivity index (χ4n) is 2.67. The number of nitrogens with zero attached hydrogens (tertiary/aromatic N) is 3. The lowest BCUT2D eigenvalue weighted by atomic mass is 10.1. The number of nitrogens with one attached hydrogen (secondary N) is 1. The van der Waals surface area contributed by atoms with E-state index in [1.165, 1.54) is 4.68 Å². The predicted molar refractivity (Wildman–Crippen MR) is 108 cm³/mol. The van der Waals surface area contributed by atoms with Crippen LogP contribution >= 0.6 is 11.3 Å². The molecule has 2 aromatic carbocycles. The van der Waals surface area contributed by atoms with Crippen LogP contribution in [0.4, 0.5) is 5.95 Å². The number of anilines is 1. The minimum Gasteiger partial charge on any atom is -0.350 e. The van der Waals surface area contributed by atoms with Gasteiger partial charge in [0.1, 0.15) is 0 Å². The Balaban J connectivity index is 1.67. The van der Waals surface area contributed by atoms with Crippen LogP contribution in [0.3, 0.4) is 0 Å². The molecule has 0 unspecified atom stereocenters. The summed E-state index contributed by atoms with van der Waals surface area (Å²) in [6, 6.07) is 21.3. The first kappa shape index (κ1) is 17.2. The zero-order chi connectivity index (χ0) is 18.6. The van der Waals surface area contributed by atoms with E-state index in [2.05, 4.69) is 15.4 Å². The maximum atomic E-state index is 13.0. The Hall–Kier alpha value is -3.25. The summed E-state index contributed by atoms with van der Waals surface area (Å²) in [4.78, 5) is 18.5. The molecule has 2 heterocycles. The van der Waals surface area contributed by atoms with Gasteiger partial charge < -0.3 is 5.32 Å². The lowest BCUT2D eigenvalue weighted by Crippen LogP contribution is -2.17. The van der Waals surface area contributed by atoms with E-state index in [-0.39, 0.29) is 5.91 Å². The largest absolute Gasteiger partial charge is 0.350 e. The molecule has 0 aliphatic heterocycles. The lowest BCUT2D eigenvalue weighted by molar-refractivity contribution is 0.0947. The van der Waals surface area contributed by atoms with Crippen molar-refractivity contribution in [2.45, 2.75) is 13.5 Å². The van der Waals surface area contributed by atoms with Gasteiger partial charge in [0.25, 0.3) is 5.91 Å². The van der Waals surface area contributed by atoms with Crippen molar-refractivity contribution in [1.82, 2.24) is 14.8 Å². The summed E-state index contributed by atoms with van der Waals surface area (Å²) >= 11 is 1.54. The lowest BCUT2D eigenvalue weighted by Gasteiger charge is -2.07. The fraction of sp³-hybridized carbons (Fsp3) is 0.0952. The number of hydrogen-bond acceptors (Lipinski definition) is 5. The number of carbonyl (C=O) groups excluding carboxylic acids is 1. The number of rotatable bonds is 5. The fourth-order valence-corrected chi connectivity index (χ4v) is 3.33. The van der Waals surface area contributed by atoms with E-state index < -0.39 is 0 Å². The van der Waals surface area contributed by atoms with E-state index in [1.54, 1.807) is 11.3 Å². The molecule has 27 heavy (non-hydrogen) atoms. The summed E-state index contributed by atoms with van der Waals surface area (Å²) < 4.78 is 1.35. The quantitative estimate of drug-likeness (QED) is 0.554. The number of aromatic nitrogens is 3. The van der Waals surface area contributed by atoms with Crippen LogP contribution in [0, 0.1) is 6.92 Å². The van der Waals surface area contributed by atoms with Crippen molar-refractivity contribution in [1.29, 1.82) is 0 Å². The summed E-state index contributed by atoms with van der Waals surface area (Å²) in [6.07, 6.45) is 0. The first-order valence-corrected chi connectivity index (χ1v) is 9.49. The Bertz CT molecular complexity index is 1040. The maximum Gasteiger partial charge on any atom is 0.281 e. The molecule has 1 N–H and O–H groups in total. The summed E-state index contributed by atoms with van der Waals surface area (Å²) in [7, 11) is 0. The van der Waals surface area contributed by atoms with Gasteiger partial charge in [-0.3, -0.25) is 4.79 Å². The van der Waals surface area contributed by atoms with Gasteiger partial charge in [-0.05, 0) is 36.1 Å². The number of benzene rings is 2. The molecule has 0 radical (unpaired) electrons. The second kappa shape index (κ2) is 7.55. The van der Waals surface area contributed by atoms with E-state index in [9.17, 15) is 4.79 Å². The van der Waals surface area contributed by atoms with E-state index in [4.69, 9.17) is 0 Å². The molecule has 6 heteroatoms. The van der Waals surface area contributed by atoms with Gasteiger partial charge in [0, 0.05) is 12.1 Å². The molecule has 0 fully saturated rings. The van der Waals surface area contributed by atoms with E-state index in [0.717, 1.165) is 16.0 Å². The predicted octanol–water partition coefficient (Wildman–Crippen LogP) is 4.62. The molecule has 0 spiro atoms. The molecule has 0 atom stereocenters. The molecule has 2 aromatic heterocycles. The van der Waals surface area contributed by atoms with Crippen molar-refractivity contribution in [3.8, 4) is 10.7 Å². The smallest absolute Gasteiger partial charge is 0.281 e. The van der Waals surface area contributed by atoms with Crippen molar-refractivity contribution in [3.63, 3.8) is 0 Å². The standard InChI is InChI=1S/C21H18N4OS/c1-15-9-11-17(12-10-15)20(26)25-21(22-14-16-6-3-2-4-7-16)23-19(24-25)18-8-5-13-27-18/h2-13H,14H2,1H3,(H,22,23,24). The van der Waals surface area contributed by atoms with Crippen molar-refractivity contribution in [2.75, 3.05) is 5.32 Å². The Morgan fingerprint density at radius 2 is 1.81 bits per heavy atom. The number of carbonyl (C=O) groups is 1. The molecular weight excluding hydrogens is 356 g/mol. The van der Waals surface area contributed by atoms with E-state index in [1.807, 2.05) is 79.0 Å². The van der Waals surface area contributed by atoms with E-state index >= 15 is 0 Å². The summed E-state index contributed by atoms with van der Waals surface area (Å²) in [5, 5.41) is 9.68. The summed E-state index contributed by atoms with van der Waals surface area (Å²) in [5.41, 5.74) is 2.78. The SMILES string of the molecule is Cc1ccc(C(=O)n2nc(-c3cccs3)nc2NCc2ccccc2)cc1. The molecule has 0 saturated heterocycles. The van der Waals surface area contributed by atoms with Crippen LogP contribution in [-0.4, -0.2) is 20.7 Å². The Morgan fingerprint density at radius 3 is 2.52 bits per heavy atom. The van der Waals surface area contributed by atoms with Gasteiger partial charge in [-0.15, -0.1) is 16.4 Å². The second-order valence-corrected chi connectivity index (χ2v) is 7.11. The van der Waals surface area contributed by atoms with Gasteiger partial charge in [-0.2, -0.15) is 9.67 Å². The molecule has 0 saturated carbocycles. The zero-order valence-corrected chi connectivity index (χ0v) is 15.6. The first-order valence-electron chi connectivity index (χ1n) is 8.61.